The molecule has 1 aliphatic heterocycles. The highest BCUT2D eigenvalue weighted by Gasteiger charge is 2.53. The van der Waals surface area contributed by atoms with Gasteiger partial charge in [-0.25, -0.2) is 9.48 Å². The van der Waals surface area contributed by atoms with Crippen LogP contribution >= 0.6 is 0 Å². The summed E-state index contributed by atoms with van der Waals surface area (Å²) in [6.45, 7) is 9.60. The van der Waals surface area contributed by atoms with Crippen molar-refractivity contribution in [2.75, 3.05) is 114 Å². The third-order valence-electron chi connectivity index (χ3n) is 16.2. The minimum atomic E-state index is -1.43. The molecule has 6 rings (SSSR count). The third-order valence-corrected chi connectivity index (χ3v) is 16.2. The summed E-state index contributed by atoms with van der Waals surface area (Å²) in [7, 11) is 8.50. The first-order chi connectivity index (χ1) is 37.5. The van der Waals surface area contributed by atoms with E-state index < -0.39 is 41.4 Å². The van der Waals surface area contributed by atoms with E-state index >= 15 is 0 Å². The summed E-state index contributed by atoms with van der Waals surface area (Å²) in [5.74, 6) is -3.77. The second-order valence-electron chi connectivity index (χ2n) is 22.3. The maximum absolute atomic E-state index is 14.4. The van der Waals surface area contributed by atoms with Crippen LogP contribution in [0.1, 0.15) is 111 Å². The zero-order chi connectivity index (χ0) is 57.7. The van der Waals surface area contributed by atoms with Gasteiger partial charge in [-0.05, 0) is 137 Å². The minimum absolute atomic E-state index is 0.0157. The van der Waals surface area contributed by atoms with Crippen LogP contribution in [-0.2, 0) is 24.0 Å². The molecular weight excluding hydrogens is 1020 g/mol. The van der Waals surface area contributed by atoms with Crippen molar-refractivity contribution in [1.29, 1.82) is 0 Å². The van der Waals surface area contributed by atoms with Crippen molar-refractivity contribution in [2.45, 2.75) is 96.1 Å². The van der Waals surface area contributed by atoms with Crippen molar-refractivity contribution in [2.24, 2.45) is 17.8 Å². The molecule has 5 N–H and O–H groups in total. The first-order valence-electron chi connectivity index (χ1n) is 27.6. The van der Waals surface area contributed by atoms with Crippen LogP contribution < -0.4 is 14.8 Å². The Bertz CT molecular complexity index is 2590. The van der Waals surface area contributed by atoms with E-state index in [-0.39, 0.29) is 81.5 Å². The molecule has 22 heteroatoms. The van der Waals surface area contributed by atoms with Gasteiger partial charge in [0, 0.05) is 78.4 Å². The molecule has 3 aromatic rings. The molecule has 3 fully saturated rings. The zero-order valence-corrected chi connectivity index (χ0v) is 47.3. The number of nitrogens with one attached hydrogen (secondary N) is 1. The number of carboxylic acid groups (broad SMARTS) is 4. The molecule has 0 radical (unpaired) electrons. The minimum Gasteiger partial charge on any atom is -0.496 e. The summed E-state index contributed by atoms with van der Waals surface area (Å²) in [5, 5.41) is 47.7. The topological polar surface area (TPSA) is 268 Å². The van der Waals surface area contributed by atoms with Gasteiger partial charge in [-0.3, -0.25) is 43.5 Å². The number of rotatable bonds is 26. The molecule has 3 amide bonds. The molecule has 2 aliphatic carbocycles. The fourth-order valence-electron chi connectivity index (χ4n) is 11.9. The summed E-state index contributed by atoms with van der Waals surface area (Å²) in [6.07, 6.45) is 4.94. The Morgan fingerprint density at radius 2 is 1.37 bits per heavy atom. The van der Waals surface area contributed by atoms with Crippen LogP contribution in [0.25, 0.3) is 16.9 Å². The van der Waals surface area contributed by atoms with Crippen molar-refractivity contribution in [3.63, 3.8) is 0 Å². The van der Waals surface area contributed by atoms with E-state index in [1.807, 2.05) is 33.0 Å². The van der Waals surface area contributed by atoms with E-state index in [1.54, 1.807) is 87.8 Å². The average Bonchev–Trinajstić information content (AvgIpc) is 3.93. The monoisotopic (exact) mass is 1100 g/mol. The number of carbonyl (C=O) groups excluding carboxylic acids is 3. The molecule has 2 heterocycles. The average molecular weight is 1100 g/mol. The van der Waals surface area contributed by atoms with Gasteiger partial charge in [0.1, 0.15) is 23.1 Å². The van der Waals surface area contributed by atoms with Gasteiger partial charge in [0.2, 0.25) is 5.91 Å². The van der Waals surface area contributed by atoms with E-state index in [0.717, 1.165) is 24.8 Å². The summed E-state index contributed by atoms with van der Waals surface area (Å²) in [6, 6.07) is 11.4. The number of nitrogens with zero attached hydrogens (tertiary/aromatic N) is 8. The maximum atomic E-state index is 14.4. The maximum Gasteiger partial charge on any atom is 0.329 e. The molecule has 1 saturated heterocycles. The quantitative estimate of drug-likeness (QED) is 0.0733. The van der Waals surface area contributed by atoms with E-state index in [9.17, 15) is 54.0 Å². The fourth-order valence-corrected chi connectivity index (χ4v) is 11.9. The van der Waals surface area contributed by atoms with Gasteiger partial charge >= 0.3 is 23.9 Å². The lowest BCUT2D eigenvalue weighted by atomic mass is 9.60. The number of methoxy groups -OCH3 is 2. The van der Waals surface area contributed by atoms with Gasteiger partial charge in [-0.1, -0.05) is 26.8 Å². The lowest BCUT2D eigenvalue weighted by Crippen LogP contribution is -2.62. The van der Waals surface area contributed by atoms with Gasteiger partial charge in [-0.2, -0.15) is 5.10 Å². The van der Waals surface area contributed by atoms with Crippen molar-refractivity contribution in [1.82, 2.24) is 44.5 Å². The Hall–Kier alpha value is -6.62. The molecule has 79 heavy (non-hydrogen) atoms. The highest BCUT2D eigenvalue weighted by atomic mass is 16.5. The Balaban J connectivity index is 1.06. The second-order valence-corrected chi connectivity index (χ2v) is 22.3. The molecule has 434 valence electrons. The summed E-state index contributed by atoms with van der Waals surface area (Å²) in [4.78, 5) is 101. The Morgan fingerprint density at radius 3 is 1.92 bits per heavy atom. The number of hydrogen-bond donors (Lipinski definition) is 5. The Labute approximate surface area is 463 Å². The lowest BCUT2D eigenvalue weighted by molar-refractivity contribution is -0.151. The van der Waals surface area contributed by atoms with Gasteiger partial charge < -0.3 is 49.9 Å². The van der Waals surface area contributed by atoms with Crippen LogP contribution in [0.4, 0.5) is 0 Å². The highest BCUT2D eigenvalue weighted by Crippen LogP contribution is 2.48. The number of benzene rings is 2. The van der Waals surface area contributed by atoms with E-state index in [1.165, 1.54) is 0 Å². The predicted octanol–water partition coefficient (Wildman–Crippen LogP) is 4.64. The largest absolute Gasteiger partial charge is 0.496 e. The van der Waals surface area contributed by atoms with Gasteiger partial charge in [0.25, 0.3) is 11.8 Å². The molecule has 2 aromatic carbocycles. The molecule has 5 atom stereocenters. The molecule has 3 aliphatic rings. The fraction of sp³-hybridized carbons (Fsp3) is 0.614. The molecule has 2 saturated carbocycles. The molecule has 1 aromatic heterocycles. The van der Waals surface area contributed by atoms with E-state index in [0.29, 0.717) is 111 Å². The number of aliphatic carboxylic acids is 4. The number of amides is 3. The first-order valence-corrected chi connectivity index (χ1v) is 27.6. The number of carbonyl (C=O) groups is 7. The summed E-state index contributed by atoms with van der Waals surface area (Å²) < 4.78 is 13.3. The van der Waals surface area contributed by atoms with Crippen molar-refractivity contribution in [3.05, 3.63) is 59.3 Å². The van der Waals surface area contributed by atoms with Crippen molar-refractivity contribution >= 4 is 41.6 Å². The highest BCUT2D eigenvalue weighted by molar-refractivity contribution is 5.98. The van der Waals surface area contributed by atoms with Crippen LogP contribution in [-0.4, -0.2) is 227 Å². The standard InChI is InChI=1S/C57H83N9O13/c1-37(2)42-33-40(14-15-44(42)66-46(52-47(78-7)12-9-13-48(52)79-8)34-43(59-66)53(72)58-57(56(76)77)19-18-39-30-38(3)31-41(57)32-39)54(73)62(6)23-11-21-60(4)20-10-22-61(5)49(67)17-16-45(55(74)75)65-28-26-63(35-50(68)69)24-25-64(27-29-65)36-51(70)71/h9,12-15,33-34,37-39,41,45H,10-11,16-32,35-36H2,1-8H3,(H,58,72)(H,68,69)(H,70,71)(H,74,75)(H,76,77). The number of hydrogen-bond acceptors (Lipinski definition) is 14. The van der Waals surface area contributed by atoms with Crippen LogP contribution in [0, 0.1) is 17.8 Å². The summed E-state index contributed by atoms with van der Waals surface area (Å²) in [5.41, 5.74) is 1.48. The van der Waals surface area contributed by atoms with E-state index in [4.69, 9.17) is 14.6 Å². The molecule has 5 unspecified atom stereocenters. The normalized spacial score (nSPS) is 20.6. The SMILES string of the molecule is COc1cccc(OC)c1-c1cc(C(=O)NC2(C(=O)O)CCC3CC(C)CC2C3)nn1-c1ccc(C(=O)N(C)CCCN(C)CCCN(C)C(=O)CCC(C(=O)O)N2CCN(CC(=O)O)CCN(CC(=O)O)CC2)cc1C(C)C. The number of aromatic nitrogens is 2. The number of ether oxygens (including phenoxy) is 2. The van der Waals surface area contributed by atoms with Gasteiger partial charge in [-0.15, -0.1) is 0 Å². The van der Waals surface area contributed by atoms with Gasteiger partial charge in [0.05, 0.1) is 44.3 Å². The second kappa shape index (κ2) is 28.0. The van der Waals surface area contributed by atoms with Crippen LogP contribution in [0.3, 0.4) is 0 Å². The van der Waals surface area contributed by atoms with Crippen LogP contribution in [0.2, 0.25) is 0 Å². The van der Waals surface area contributed by atoms with Crippen LogP contribution in [0.15, 0.2) is 42.5 Å². The number of fused-ring (bicyclic) bond motifs is 2. The van der Waals surface area contributed by atoms with Crippen molar-refractivity contribution in [3.8, 4) is 28.4 Å². The first kappa shape index (κ1) is 61.6. The predicted molar refractivity (Wildman–Crippen MR) is 295 cm³/mol. The summed E-state index contributed by atoms with van der Waals surface area (Å²) >= 11 is 0. The lowest BCUT2D eigenvalue weighted by Gasteiger charge is -2.48. The Morgan fingerprint density at radius 1 is 0.772 bits per heavy atom. The smallest absolute Gasteiger partial charge is 0.329 e. The van der Waals surface area contributed by atoms with E-state index in [2.05, 4.69) is 17.1 Å². The molecular formula is C57H83N9O13. The Kier molecular flexibility index (Phi) is 21.8. The molecule has 22 nitrogen and oxygen atoms in total. The van der Waals surface area contributed by atoms with Crippen LogP contribution in [0.5, 0.6) is 11.5 Å². The number of carboxylic acids is 4. The van der Waals surface area contributed by atoms with Crippen molar-refractivity contribution < 1.29 is 63.5 Å². The van der Waals surface area contributed by atoms with Gasteiger partial charge in [0.15, 0.2) is 5.69 Å². The molecule has 0 spiro atoms. The zero-order valence-electron chi connectivity index (χ0n) is 47.3. The molecule has 2 bridgehead atoms. The third kappa shape index (κ3) is 15.8.